The van der Waals surface area contributed by atoms with Gasteiger partial charge in [-0.3, -0.25) is 0 Å². The monoisotopic (exact) mass is 227 g/mol. The molecule has 16 heavy (non-hydrogen) atoms. The Morgan fingerprint density at radius 2 is 2.12 bits per heavy atom. The average molecular weight is 227 g/mol. The molecular formula is C11H21N3O2. The molecule has 2 N–H and O–H groups in total. The first-order chi connectivity index (χ1) is 7.42. The van der Waals surface area contributed by atoms with E-state index in [0.29, 0.717) is 24.9 Å². The van der Waals surface area contributed by atoms with Crippen LogP contribution < -0.4 is 5.73 Å². The van der Waals surface area contributed by atoms with Crippen molar-refractivity contribution in [3.63, 3.8) is 0 Å². The Balaban J connectivity index is 2.57. The second-order valence-corrected chi connectivity index (χ2v) is 5.05. The molecule has 1 aromatic heterocycles. The zero-order valence-electron chi connectivity index (χ0n) is 10.5. The first-order valence-electron chi connectivity index (χ1n) is 5.58. The summed E-state index contributed by atoms with van der Waals surface area (Å²) in [5.74, 6) is 1.15. The zero-order valence-corrected chi connectivity index (χ0v) is 10.5. The molecule has 0 amide bonds. The van der Waals surface area contributed by atoms with Gasteiger partial charge in [0.05, 0.1) is 12.6 Å². The maximum Gasteiger partial charge on any atom is 0.227 e. The molecule has 0 aliphatic heterocycles. The molecule has 0 aromatic carbocycles. The third-order valence-electron chi connectivity index (χ3n) is 2.00. The predicted molar refractivity (Wildman–Crippen MR) is 60.9 cm³/mol. The van der Waals surface area contributed by atoms with E-state index in [-0.39, 0.29) is 11.5 Å². The quantitative estimate of drug-likeness (QED) is 0.828. The zero-order chi connectivity index (χ0) is 12.2. The maximum absolute atomic E-state index is 5.85. The molecule has 1 unspecified atom stereocenters. The number of nitrogens with zero attached hydrogens (tertiary/aromatic N) is 2. The van der Waals surface area contributed by atoms with Crippen LogP contribution in [0.15, 0.2) is 4.52 Å². The molecular weight excluding hydrogens is 206 g/mol. The number of nitrogens with two attached hydrogens (primary N) is 1. The molecule has 0 saturated heterocycles. The van der Waals surface area contributed by atoms with Gasteiger partial charge < -0.3 is 15.0 Å². The first-order valence-corrected chi connectivity index (χ1v) is 5.58. The van der Waals surface area contributed by atoms with Crippen molar-refractivity contribution >= 4 is 0 Å². The van der Waals surface area contributed by atoms with Crippen molar-refractivity contribution < 1.29 is 9.26 Å². The Morgan fingerprint density at radius 1 is 1.44 bits per heavy atom. The molecule has 92 valence electrons. The van der Waals surface area contributed by atoms with Gasteiger partial charge in [-0.2, -0.15) is 4.98 Å². The van der Waals surface area contributed by atoms with E-state index < -0.39 is 0 Å². The summed E-state index contributed by atoms with van der Waals surface area (Å²) in [5, 5.41) is 3.86. The third kappa shape index (κ3) is 4.28. The smallest absolute Gasteiger partial charge is 0.227 e. The lowest BCUT2D eigenvalue weighted by Crippen LogP contribution is -2.18. The highest BCUT2D eigenvalue weighted by Gasteiger charge is 2.19. The van der Waals surface area contributed by atoms with Crippen molar-refractivity contribution in [2.75, 3.05) is 13.2 Å². The van der Waals surface area contributed by atoms with E-state index in [2.05, 4.69) is 30.9 Å². The highest BCUT2D eigenvalue weighted by molar-refractivity contribution is 4.94. The number of aromatic nitrogens is 2. The van der Waals surface area contributed by atoms with Gasteiger partial charge in [0.1, 0.15) is 0 Å². The van der Waals surface area contributed by atoms with E-state index in [1.54, 1.807) is 0 Å². The molecule has 1 heterocycles. The Morgan fingerprint density at radius 3 is 2.69 bits per heavy atom. The minimum Gasteiger partial charge on any atom is -0.380 e. The van der Waals surface area contributed by atoms with Crippen LogP contribution in [0, 0.1) is 5.41 Å². The van der Waals surface area contributed by atoms with Gasteiger partial charge in [-0.15, -0.1) is 0 Å². The Hall–Kier alpha value is -0.940. The molecule has 0 aliphatic rings. The molecule has 0 aliphatic carbocycles. The number of hydrogen-bond donors (Lipinski definition) is 1. The summed E-state index contributed by atoms with van der Waals surface area (Å²) in [6.07, 6.45) is 0.751. The normalized spacial score (nSPS) is 14.1. The van der Waals surface area contributed by atoms with Crippen LogP contribution in [-0.4, -0.2) is 23.4 Å². The van der Waals surface area contributed by atoms with Gasteiger partial charge in [0.15, 0.2) is 5.82 Å². The number of ether oxygens (including phenoxy) is 1. The molecule has 0 spiro atoms. The van der Waals surface area contributed by atoms with Crippen molar-refractivity contribution in [3.8, 4) is 0 Å². The molecule has 0 bridgehead atoms. The van der Waals surface area contributed by atoms with Crippen LogP contribution in [0.4, 0.5) is 0 Å². The van der Waals surface area contributed by atoms with Gasteiger partial charge in [-0.25, -0.2) is 0 Å². The summed E-state index contributed by atoms with van der Waals surface area (Å²) in [7, 11) is 0. The maximum atomic E-state index is 5.85. The molecule has 0 saturated carbocycles. The largest absolute Gasteiger partial charge is 0.380 e. The fraction of sp³-hybridized carbons (Fsp3) is 0.818. The second-order valence-electron chi connectivity index (χ2n) is 5.05. The molecule has 1 atom stereocenters. The van der Waals surface area contributed by atoms with E-state index in [1.807, 2.05) is 6.92 Å². The molecule has 0 radical (unpaired) electrons. The Kier molecular flexibility index (Phi) is 4.44. The minimum atomic E-state index is -0.308. The lowest BCUT2D eigenvalue weighted by molar-refractivity contribution is 0.130. The molecule has 1 aromatic rings. The van der Waals surface area contributed by atoms with Crippen LogP contribution >= 0.6 is 0 Å². The molecule has 1 rings (SSSR count). The lowest BCUT2D eigenvalue weighted by atomic mass is 9.92. The van der Waals surface area contributed by atoms with Crippen LogP contribution in [0.1, 0.15) is 45.5 Å². The van der Waals surface area contributed by atoms with E-state index in [0.717, 1.165) is 6.42 Å². The van der Waals surface area contributed by atoms with Gasteiger partial charge in [0, 0.05) is 13.0 Å². The Labute approximate surface area is 96.4 Å². The minimum absolute atomic E-state index is 0.133. The summed E-state index contributed by atoms with van der Waals surface area (Å²) in [6.45, 7) is 9.35. The molecule has 5 heteroatoms. The topological polar surface area (TPSA) is 74.2 Å². The van der Waals surface area contributed by atoms with E-state index in [1.165, 1.54) is 0 Å². The van der Waals surface area contributed by atoms with E-state index in [4.69, 9.17) is 15.0 Å². The van der Waals surface area contributed by atoms with Gasteiger partial charge in [0.2, 0.25) is 5.89 Å². The third-order valence-corrected chi connectivity index (χ3v) is 2.00. The predicted octanol–water partition coefficient (Wildman–Crippen LogP) is 1.69. The molecule has 0 fully saturated rings. The summed E-state index contributed by atoms with van der Waals surface area (Å²) >= 11 is 0. The van der Waals surface area contributed by atoms with Gasteiger partial charge in [-0.05, 0) is 12.3 Å². The standard InChI is InChI=1S/C11H21N3O2/c1-5-15-7-8(12)10-13-9(16-14-10)6-11(2,3)4/h8H,5-7,12H2,1-4H3. The summed E-state index contributed by atoms with van der Waals surface area (Å²) < 4.78 is 10.4. The highest BCUT2D eigenvalue weighted by atomic mass is 16.5. The van der Waals surface area contributed by atoms with Gasteiger partial charge in [-0.1, -0.05) is 25.9 Å². The second kappa shape index (κ2) is 5.41. The molecule has 5 nitrogen and oxygen atoms in total. The van der Waals surface area contributed by atoms with Gasteiger partial charge in [0.25, 0.3) is 0 Å². The van der Waals surface area contributed by atoms with Crippen LogP contribution in [-0.2, 0) is 11.2 Å². The average Bonchev–Trinajstić information content (AvgIpc) is 2.59. The van der Waals surface area contributed by atoms with Crippen LogP contribution in [0.25, 0.3) is 0 Å². The highest BCUT2D eigenvalue weighted by Crippen LogP contribution is 2.20. The van der Waals surface area contributed by atoms with Crippen molar-refractivity contribution in [2.24, 2.45) is 11.1 Å². The summed E-state index contributed by atoms with van der Waals surface area (Å²) in [6, 6.07) is -0.308. The van der Waals surface area contributed by atoms with E-state index in [9.17, 15) is 0 Å². The Bertz CT molecular complexity index is 317. The summed E-state index contributed by atoms with van der Waals surface area (Å²) in [5.41, 5.74) is 5.98. The fourth-order valence-electron chi connectivity index (χ4n) is 1.26. The van der Waals surface area contributed by atoms with Gasteiger partial charge >= 0.3 is 0 Å². The number of hydrogen-bond acceptors (Lipinski definition) is 5. The van der Waals surface area contributed by atoms with Crippen LogP contribution in [0.5, 0.6) is 0 Å². The van der Waals surface area contributed by atoms with Crippen molar-refractivity contribution in [2.45, 2.75) is 40.2 Å². The van der Waals surface area contributed by atoms with Crippen molar-refractivity contribution in [3.05, 3.63) is 11.7 Å². The van der Waals surface area contributed by atoms with E-state index >= 15 is 0 Å². The first kappa shape index (κ1) is 13.1. The number of rotatable bonds is 5. The SMILES string of the molecule is CCOCC(N)c1noc(CC(C)(C)C)n1. The van der Waals surface area contributed by atoms with Crippen LogP contribution in [0.3, 0.4) is 0 Å². The lowest BCUT2D eigenvalue weighted by Gasteiger charge is -2.14. The van der Waals surface area contributed by atoms with Crippen LogP contribution in [0.2, 0.25) is 0 Å². The van der Waals surface area contributed by atoms with Crippen molar-refractivity contribution in [1.82, 2.24) is 10.1 Å². The summed E-state index contributed by atoms with van der Waals surface area (Å²) in [4.78, 5) is 4.27. The van der Waals surface area contributed by atoms with Crippen molar-refractivity contribution in [1.29, 1.82) is 0 Å². The fourth-order valence-corrected chi connectivity index (χ4v) is 1.26.